The fraction of sp³-hybridized carbons (Fsp3) is 0.467. The highest BCUT2D eigenvalue weighted by Gasteiger charge is 2.64. The number of fused-ring (bicyclic) bond motifs is 2. The lowest BCUT2D eigenvalue weighted by Gasteiger charge is -2.11. The van der Waals surface area contributed by atoms with Gasteiger partial charge in [-0.2, -0.15) is 0 Å². The molecule has 2 atom stereocenters. The summed E-state index contributed by atoms with van der Waals surface area (Å²) in [5, 5.41) is 10.9. The third-order valence-electron chi connectivity index (χ3n) is 4.72. The molecule has 1 aromatic carbocycles. The fourth-order valence-corrected chi connectivity index (χ4v) is 3.73. The second-order valence-corrected chi connectivity index (χ2v) is 5.58. The minimum absolute atomic E-state index is 0.473. The molecule has 4 rings (SSSR count). The number of nitrogens with zero attached hydrogens (tertiary/aromatic N) is 2. The molecule has 2 aliphatic rings. The van der Waals surface area contributed by atoms with Gasteiger partial charge in [-0.15, -0.1) is 0 Å². The predicted molar refractivity (Wildman–Crippen MR) is 68.9 cm³/mol. The molecule has 2 aliphatic carbocycles. The average molecular weight is 240 g/mol. The van der Waals surface area contributed by atoms with Gasteiger partial charge in [0.2, 0.25) is 0 Å². The summed E-state index contributed by atoms with van der Waals surface area (Å²) in [7, 11) is 0. The van der Waals surface area contributed by atoms with E-state index < -0.39 is 5.60 Å². The van der Waals surface area contributed by atoms with Crippen molar-refractivity contribution < 1.29 is 5.11 Å². The van der Waals surface area contributed by atoms with Crippen LogP contribution >= 0.6 is 0 Å². The van der Waals surface area contributed by atoms with Gasteiger partial charge in [0.15, 0.2) is 0 Å². The number of rotatable bonds is 1. The summed E-state index contributed by atoms with van der Waals surface area (Å²) in [6.07, 6.45) is 8.26. The van der Waals surface area contributed by atoms with Gasteiger partial charge in [0.05, 0.1) is 16.6 Å². The van der Waals surface area contributed by atoms with Crippen LogP contribution in [0.15, 0.2) is 30.6 Å². The summed E-state index contributed by atoms with van der Waals surface area (Å²) in [5.74, 6) is 0.945. The van der Waals surface area contributed by atoms with Crippen molar-refractivity contribution in [3.05, 3.63) is 36.2 Å². The minimum atomic E-state index is -0.581. The number of aromatic nitrogens is 2. The Morgan fingerprint density at radius 2 is 1.67 bits per heavy atom. The van der Waals surface area contributed by atoms with Crippen LogP contribution < -0.4 is 0 Å². The van der Waals surface area contributed by atoms with E-state index in [1.165, 1.54) is 25.7 Å². The second-order valence-electron chi connectivity index (χ2n) is 5.58. The zero-order valence-electron chi connectivity index (χ0n) is 10.2. The van der Waals surface area contributed by atoms with E-state index in [2.05, 4.69) is 9.97 Å². The summed E-state index contributed by atoms with van der Waals surface area (Å²) in [5.41, 5.74) is 2.23. The fourth-order valence-electron chi connectivity index (χ4n) is 3.73. The topological polar surface area (TPSA) is 46.0 Å². The van der Waals surface area contributed by atoms with Crippen LogP contribution in [0.4, 0.5) is 0 Å². The van der Waals surface area contributed by atoms with E-state index in [9.17, 15) is 5.11 Å². The predicted octanol–water partition coefficient (Wildman–Crippen LogP) is 2.64. The van der Waals surface area contributed by atoms with Crippen molar-refractivity contribution in [1.82, 2.24) is 9.97 Å². The molecule has 0 radical (unpaired) electrons. The van der Waals surface area contributed by atoms with Crippen LogP contribution in [-0.4, -0.2) is 15.1 Å². The quantitative estimate of drug-likeness (QED) is 0.833. The van der Waals surface area contributed by atoms with E-state index in [0.29, 0.717) is 11.8 Å². The molecule has 2 unspecified atom stereocenters. The van der Waals surface area contributed by atoms with Crippen molar-refractivity contribution >= 4 is 11.0 Å². The van der Waals surface area contributed by atoms with Crippen LogP contribution in [0, 0.1) is 11.8 Å². The Labute approximate surface area is 106 Å². The minimum Gasteiger partial charge on any atom is -0.385 e. The highest BCUT2D eigenvalue weighted by atomic mass is 16.3. The Kier molecular flexibility index (Phi) is 2.04. The third-order valence-corrected chi connectivity index (χ3v) is 4.72. The molecule has 18 heavy (non-hydrogen) atoms. The SMILES string of the molecule is OC1(c2ccc3nccnc3c2)C2CCCCC21. The Morgan fingerprint density at radius 1 is 1.00 bits per heavy atom. The molecular formula is C15H16N2O. The Bertz CT molecular complexity index is 598. The maximum Gasteiger partial charge on any atom is 0.0961 e. The standard InChI is InChI=1S/C15H16N2O/c18-15(11-3-1-2-4-12(11)15)10-5-6-13-14(9-10)17-8-7-16-13/h5-9,11-12,18H,1-4H2. The molecule has 2 fully saturated rings. The molecule has 1 aromatic heterocycles. The lowest BCUT2D eigenvalue weighted by atomic mass is 10.0. The Hall–Kier alpha value is -1.48. The molecule has 0 saturated heterocycles. The molecule has 0 aliphatic heterocycles. The lowest BCUT2D eigenvalue weighted by molar-refractivity contribution is 0.118. The van der Waals surface area contributed by atoms with Crippen molar-refractivity contribution in [3.63, 3.8) is 0 Å². The van der Waals surface area contributed by atoms with E-state index in [1.807, 2.05) is 18.2 Å². The van der Waals surface area contributed by atoms with Gasteiger partial charge in [0.1, 0.15) is 0 Å². The first-order chi connectivity index (χ1) is 8.80. The van der Waals surface area contributed by atoms with Crippen LogP contribution in [0.3, 0.4) is 0 Å². The van der Waals surface area contributed by atoms with Gasteiger partial charge in [-0.3, -0.25) is 9.97 Å². The largest absolute Gasteiger partial charge is 0.385 e. The smallest absolute Gasteiger partial charge is 0.0961 e. The molecule has 2 saturated carbocycles. The summed E-state index contributed by atoms with van der Waals surface area (Å²) in [6.45, 7) is 0. The lowest BCUT2D eigenvalue weighted by Crippen LogP contribution is -2.10. The summed E-state index contributed by atoms with van der Waals surface area (Å²) in [6, 6.07) is 6.01. The summed E-state index contributed by atoms with van der Waals surface area (Å²) >= 11 is 0. The van der Waals surface area contributed by atoms with Crippen molar-refractivity contribution in [2.24, 2.45) is 11.8 Å². The monoisotopic (exact) mass is 240 g/mol. The number of benzene rings is 1. The van der Waals surface area contributed by atoms with E-state index >= 15 is 0 Å². The van der Waals surface area contributed by atoms with Crippen molar-refractivity contribution in [2.75, 3.05) is 0 Å². The molecule has 3 heteroatoms. The van der Waals surface area contributed by atoms with Crippen molar-refractivity contribution in [2.45, 2.75) is 31.3 Å². The molecule has 3 nitrogen and oxygen atoms in total. The van der Waals surface area contributed by atoms with Gasteiger partial charge in [-0.25, -0.2) is 0 Å². The van der Waals surface area contributed by atoms with E-state index in [0.717, 1.165) is 16.6 Å². The molecule has 1 N–H and O–H groups in total. The zero-order valence-corrected chi connectivity index (χ0v) is 10.2. The van der Waals surface area contributed by atoms with Crippen LogP contribution in [0.2, 0.25) is 0 Å². The van der Waals surface area contributed by atoms with Gasteiger partial charge in [-0.1, -0.05) is 18.9 Å². The first-order valence-electron chi connectivity index (χ1n) is 6.74. The van der Waals surface area contributed by atoms with Gasteiger partial charge in [0.25, 0.3) is 0 Å². The first-order valence-corrected chi connectivity index (χ1v) is 6.74. The average Bonchev–Trinajstić information content (AvgIpc) is 3.06. The number of hydrogen-bond acceptors (Lipinski definition) is 3. The molecule has 92 valence electrons. The molecule has 1 heterocycles. The van der Waals surface area contributed by atoms with Crippen LogP contribution in [0.5, 0.6) is 0 Å². The van der Waals surface area contributed by atoms with Crippen LogP contribution in [0.25, 0.3) is 11.0 Å². The van der Waals surface area contributed by atoms with Gasteiger partial charge < -0.3 is 5.11 Å². The molecule has 0 bridgehead atoms. The maximum atomic E-state index is 10.9. The molecular weight excluding hydrogens is 224 g/mol. The zero-order chi connectivity index (χ0) is 12.2. The normalized spacial score (nSPS) is 34.3. The molecule has 0 spiro atoms. The van der Waals surface area contributed by atoms with Crippen LogP contribution in [0.1, 0.15) is 31.2 Å². The third kappa shape index (κ3) is 1.28. The number of aliphatic hydroxyl groups is 1. The highest BCUT2D eigenvalue weighted by molar-refractivity contribution is 5.75. The molecule has 0 amide bonds. The van der Waals surface area contributed by atoms with Gasteiger partial charge >= 0.3 is 0 Å². The highest BCUT2D eigenvalue weighted by Crippen LogP contribution is 2.64. The first kappa shape index (κ1) is 10.4. The summed E-state index contributed by atoms with van der Waals surface area (Å²) < 4.78 is 0. The second kappa shape index (κ2) is 3.51. The van der Waals surface area contributed by atoms with Gasteiger partial charge in [0, 0.05) is 12.4 Å². The van der Waals surface area contributed by atoms with Crippen LogP contribution in [-0.2, 0) is 5.60 Å². The Balaban J connectivity index is 1.79. The number of hydrogen-bond donors (Lipinski definition) is 1. The van der Waals surface area contributed by atoms with Crippen molar-refractivity contribution in [1.29, 1.82) is 0 Å². The van der Waals surface area contributed by atoms with E-state index in [4.69, 9.17) is 0 Å². The maximum absolute atomic E-state index is 10.9. The van der Waals surface area contributed by atoms with Gasteiger partial charge in [-0.05, 0) is 42.4 Å². The van der Waals surface area contributed by atoms with E-state index in [1.54, 1.807) is 12.4 Å². The summed E-state index contributed by atoms with van der Waals surface area (Å²) in [4.78, 5) is 8.60. The van der Waals surface area contributed by atoms with E-state index in [-0.39, 0.29) is 0 Å². The Morgan fingerprint density at radius 3 is 2.39 bits per heavy atom. The van der Waals surface area contributed by atoms with Crippen molar-refractivity contribution in [3.8, 4) is 0 Å². The molecule has 2 aromatic rings.